The molecule has 2 aliphatic carbocycles. The standard InChI is InChI=1S/C17H33N/c1-3-4-5-6-7-8-9-13-16(18-2)17-14-11-10-12-15(14)17/h14-18H,3-13H2,1-2H3. The second-order valence-corrected chi connectivity index (χ2v) is 6.64. The third-order valence-electron chi connectivity index (χ3n) is 5.43. The van der Waals surface area contributed by atoms with Crippen molar-refractivity contribution in [1.82, 2.24) is 5.32 Å². The molecule has 0 heterocycles. The highest BCUT2D eigenvalue weighted by atomic mass is 14.9. The molecule has 106 valence electrons. The van der Waals surface area contributed by atoms with E-state index in [1.165, 1.54) is 70.6 Å². The maximum absolute atomic E-state index is 3.60. The highest BCUT2D eigenvalue weighted by Gasteiger charge is 2.54. The fraction of sp³-hybridized carbons (Fsp3) is 1.00. The van der Waals surface area contributed by atoms with Gasteiger partial charge >= 0.3 is 0 Å². The number of hydrogen-bond acceptors (Lipinski definition) is 1. The first-order valence-electron chi connectivity index (χ1n) is 8.55. The van der Waals surface area contributed by atoms with Crippen LogP contribution in [0.2, 0.25) is 0 Å². The summed E-state index contributed by atoms with van der Waals surface area (Å²) in [6.07, 6.45) is 16.1. The summed E-state index contributed by atoms with van der Waals surface area (Å²) in [7, 11) is 2.18. The Morgan fingerprint density at radius 1 is 0.944 bits per heavy atom. The van der Waals surface area contributed by atoms with Gasteiger partial charge in [-0.05, 0) is 44.1 Å². The monoisotopic (exact) mass is 251 g/mol. The molecule has 0 aromatic heterocycles. The van der Waals surface area contributed by atoms with Gasteiger partial charge in [-0.3, -0.25) is 0 Å². The molecule has 0 amide bonds. The van der Waals surface area contributed by atoms with Gasteiger partial charge in [-0.25, -0.2) is 0 Å². The van der Waals surface area contributed by atoms with Gasteiger partial charge in [0.05, 0.1) is 0 Å². The molecule has 0 bridgehead atoms. The molecule has 0 aliphatic heterocycles. The Bertz CT molecular complexity index is 216. The van der Waals surface area contributed by atoms with E-state index in [0.717, 1.165) is 23.8 Å². The fourth-order valence-electron chi connectivity index (χ4n) is 4.32. The average molecular weight is 251 g/mol. The normalized spacial score (nSPS) is 31.3. The van der Waals surface area contributed by atoms with Crippen LogP contribution in [0.5, 0.6) is 0 Å². The maximum atomic E-state index is 3.60. The Morgan fingerprint density at radius 3 is 2.17 bits per heavy atom. The molecule has 0 aromatic carbocycles. The SMILES string of the molecule is CCCCCCCCCC(NC)C1C2CCCC21. The zero-order valence-corrected chi connectivity index (χ0v) is 12.6. The summed E-state index contributed by atoms with van der Waals surface area (Å²) in [5.41, 5.74) is 0. The molecule has 3 unspecified atom stereocenters. The molecule has 0 spiro atoms. The van der Waals surface area contributed by atoms with E-state index in [1.807, 2.05) is 0 Å². The Labute approximate surface area is 114 Å². The van der Waals surface area contributed by atoms with Crippen molar-refractivity contribution in [3.05, 3.63) is 0 Å². The number of fused-ring (bicyclic) bond motifs is 1. The van der Waals surface area contributed by atoms with Gasteiger partial charge in [0, 0.05) is 6.04 Å². The quantitative estimate of drug-likeness (QED) is 0.552. The number of nitrogens with one attached hydrogen (secondary N) is 1. The van der Waals surface area contributed by atoms with Crippen LogP contribution in [-0.4, -0.2) is 13.1 Å². The van der Waals surface area contributed by atoms with E-state index in [2.05, 4.69) is 19.3 Å². The Hall–Kier alpha value is -0.0400. The van der Waals surface area contributed by atoms with Gasteiger partial charge in [0.1, 0.15) is 0 Å². The Kier molecular flexibility index (Phi) is 6.01. The van der Waals surface area contributed by atoms with Crippen molar-refractivity contribution >= 4 is 0 Å². The van der Waals surface area contributed by atoms with Crippen molar-refractivity contribution in [2.45, 2.75) is 83.6 Å². The van der Waals surface area contributed by atoms with Gasteiger partial charge in [-0.1, -0.05) is 58.3 Å². The fourth-order valence-corrected chi connectivity index (χ4v) is 4.32. The van der Waals surface area contributed by atoms with Crippen LogP contribution in [0, 0.1) is 17.8 Å². The lowest BCUT2D eigenvalue weighted by molar-refractivity contribution is 0.392. The first-order chi connectivity index (χ1) is 8.88. The van der Waals surface area contributed by atoms with Crippen LogP contribution in [0.15, 0.2) is 0 Å². The first kappa shape index (κ1) is 14.4. The predicted molar refractivity (Wildman–Crippen MR) is 79.8 cm³/mol. The van der Waals surface area contributed by atoms with Crippen LogP contribution in [0.3, 0.4) is 0 Å². The minimum Gasteiger partial charge on any atom is -0.317 e. The van der Waals surface area contributed by atoms with E-state index >= 15 is 0 Å². The molecule has 0 saturated heterocycles. The van der Waals surface area contributed by atoms with Crippen LogP contribution in [-0.2, 0) is 0 Å². The molecule has 1 nitrogen and oxygen atoms in total. The molecule has 0 aromatic rings. The van der Waals surface area contributed by atoms with Crippen molar-refractivity contribution in [3.63, 3.8) is 0 Å². The lowest BCUT2D eigenvalue weighted by atomic mass is 9.98. The number of rotatable bonds is 10. The maximum Gasteiger partial charge on any atom is 0.00978 e. The summed E-state index contributed by atoms with van der Waals surface area (Å²) in [4.78, 5) is 0. The molecular weight excluding hydrogens is 218 g/mol. The van der Waals surface area contributed by atoms with Crippen molar-refractivity contribution in [2.75, 3.05) is 7.05 Å². The molecule has 2 aliphatic rings. The summed E-state index contributed by atoms with van der Waals surface area (Å²) in [6, 6.07) is 0.843. The predicted octanol–water partition coefficient (Wildman–Crippen LogP) is 4.76. The van der Waals surface area contributed by atoms with Gasteiger partial charge in [-0.15, -0.1) is 0 Å². The highest BCUT2D eigenvalue weighted by Crippen LogP contribution is 2.59. The van der Waals surface area contributed by atoms with Crippen LogP contribution >= 0.6 is 0 Å². The smallest absolute Gasteiger partial charge is 0.00978 e. The lowest BCUT2D eigenvalue weighted by Gasteiger charge is -2.18. The summed E-state index contributed by atoms with van der Waals surface area (Å²) in [6.45, 7) is 2.30. The zero-order valence-electron chi connectivity index (χ0n) is 12.6. The topological polar surface area (TPSA) is 12.0 Å². The van der Waals surface area contributed by atoms with Crippen LogP contribution in [0.25, 0.3) is 0 Å². The molecule has 1 N–H and O–H groups in total. The van der Waals surface area contributed by atoms with E-state index in [0.29, 0.717) is 0 Å². The second-order valence-electron chi connectivity index (χ2n) is 6.64. The number of hydrogen-bond donors (Lipinski definition) is 1. The van der Waals surface area contributed by atoms with Crippen LogP contribution in [0.4, 0.5) is 0 Å². The Morgan fingerprint density at radius 2 is 1.56 bits per heavy atom. The van der Waals surface area contributed by atoms with Gasteiger partial charge in [0.15, 0.2) is 0 Å². The van der Waals surface area contributed by atoms with E-state index < -0.39 is 0 Å². The van der Waals surface area contributed by atoms with E-state index in [9.17, 15) is 0 Å². The lowest BCUT2D eigenvalue weighted by Crippen LogP contribution is -2.29. The molecule has 0 radical (unpaired) electrons. The molecule has 2 fully saturated rings. The largest absolute Gasteiger partial charge is 0.317 e. The van der Waals surface area contributed by atoms with Crippen molar-refractivity contribution in [1.29, 1.82) is 0 Å². The second kappa shape index (κ2) is 7.53. The molecular formula is C17H33N. The molecule has 1 heteroatoms. The highest BCUT2D eigenvalue weighted by molar-refractivity contribution is 5.05. The summed E-state index contributed by atoms with van der Waals surface area (Å²) < 4.78 is 0. The van der Waals surface area contributed by atoms with E-state index in [1.54, 1.807) is 0 Å². The third kappa shape index (κ3) is 3.73. The molecule has 3 atom stereocenters. The van der Waals surface area contributed by atoms with Gasteiger partial charge in [0.2, 0.25) is 0 Å². The summed E-state index contributed by atoms with van der Waals surface area (Å²) in [5.74, 6) is 3.29. The van der Waals surface area contributed by atoms with Crippen molar-refractivity contribution in [2.24, 2.45) is 17.8 Å². The van der Waals surface area contributed by atoms with E-state index in [4.69, 9.17) is 0 Å². The molecule has 2 saturated carbocycles. The molecule has 2 rings (SSSR count). The van der Waals surface area contributed by atoms with Crippen LogP contribution in [0.1, 0.15) is 77.6 Å². The van der Waals surface area contributed by atoms with Crippen LogP contribution < -0.4 is 5.32 Å². The summed E-state index contributed by atoms with van der Waals surface area (Å²) >= 11 is 0. The van der Waals surface area contributed by atoms with Gasteiger partial charge in [-0.2, -0.15) is 0 Å². The Balaban J connectivity index is 1.50. The van der Waals surface area contributed by atoms with Gasteiger partial charge in [0.25, 0.3) is 0 Å². The minimum absolute atomic E-state index is 0.843. The zero-order chi connectivity index (χ0) is 12.8. The van der Waals surface area contributed by atoms with Gasteiger partial charge < -0.3 is 5.32 Å². The minimum atomic E-state index is 0.843. The van der Waals surface area contributed by atoms with Crippen molar-refractivity contribution in [3.8, 4) is 0 Å². The average Bonchev–Trinajstić information content (AvgIpc) is 2.86. The summed E-state index contributed by atoms with van der Waals surface area (Å²) in [5, 5.41) is 3.60. The van der Waals surface area contributed by atoms with Crippen molar-refractivity contribution < 1.29 is 0 Å². The number of unbranched alkanes of at least 4 members (excludes halogenated alkanes) is 6. The molecule has 18 heavy (non-hydrogen) atoms. The third-order valence-corrected chi connectivity index (χ3v) is 5.43. The first-order valence-corrected chi connectivity index (χ1v) is 8.55. The van der Waals surface area contributed by atoms with E-state index in [-0.39, 0.29) is 0 Å².